The molecule has 0 aliphatic carbocycles. The Balaban J connectivity index is 1.23. The van der Waals surface area contributed by atoms with Gasteiger partial charge in [0, 0.05) is 40.6 Å². The van der Waals surface area contributed by atoms with Crippen LogP contribution in [0.4, 0.5) is 51.2 Å². The first-order chi connectivity index (χ1) is 27.8. The van der Waals surface area contributed by atoms with E-state index in [1.54, 1.807) is 0 Å². The second-order valence-corrected chi connectivity index (χ2v) is 18.8. The smallest absolute Gasteiger partial charge is 0.252 e. The number of nitrogens with zero attached hydrogens (tertiary/aromatic N) is 3. The molecule has 56 heavy (non-hydrogen) atoms. The molecular formula is C48H25B2N3S3. The van der Waals surface area contributed by atoms with Crippen molar-refractivity contribution in [1.29, 1.82) is 0 Å². The zero-order valence-electron chi connectivity index (χ0n) is 29.7. The van der Waals surface area contributed by atoms with E-state index < -0.39 is 0 Å². The summed E-state index contributed by atoms with van der Waals surface area (Å²) < 4.78 is 0. The Kier molecular flexibility index (Phi) is 5.39. The molecule has 0 aromatic heterocycles. The number of fused-ring (bicyclic) bond motifs is 10. The Bertz CT molecular complexity index is 2980. The molecule has 0 unspecified atom stereocenters. The van der Waals surface area contributed by atoms with Crippen LogP contribution in [0.3, 0.4) is 0 Å². The summed E-state index contributed by atoms with van der Waals surface area (Å²) in [7, 11) is 0. The van der Waals surface area contributed by atoms with E-state index in [0.717, 1.165) is 0 Å². The van der Waals surface area contributed by atoms with Crippen LogP contribution < -0.4 is 47.5 Å². The van der Waals surface area contributed by atoms with Crippen LogP contribution >= 0.6 is 35.3 Å². The van der Waals surface area contributed by atoms with Gasteiger partial charge in [-0.05, 0) is 86.9 Å². The fourth-order valence-electron chi connectivity index (χ4n) is 11.1. The Morgan fingerprint density at radius 1 is 0.304 bits per heavy atom. The second-order valence-electron chi connectivity index (χ2n) is 15.5. The molecule has 256 valence electrons. The second kappa shape index (κ2) is 10.2. The van der Waals surface area contributed by atoms with Gasteiger partial charge in [0.1, 0.15) is 0 Å². The SMILES string of the molecule is c1ccc(-c2c3c4c5c6c2N2c7ccccc7Sc7cccc(c72)B6c2cccc6c2N5c2c(cccc2B4c2cccc4c2N3c2ccccc2S4)S6)cc1. The fourth-order valence-corrected chi connectivity index (χ4v) is 14.4. The van der Waals surface area contributed by atoms with E-state index in [9.17, 15) is 0 Å². The summed E-state index contributed by atoms with van der Waals surface area (Å²) in [4.78, 5) is 16.0. The third-order valence-corrected chi connectivity index (χ3v) is 16.3. The molecule has 3 nitrogen and oxygen atoms in total. The third-order valence-electron chi connectivity index (χ3n) is 12.9. The third kappa shape index (κ3) is 3.33. The average Bonchev–Trinajstić information content (AvgIpc) is 3.25. The molecule has 0 bridgehead atoms. The summed E-state index contributed by atoms with van der Waals surface area (Å²) in [6.45, 7) is 0.141. The summed E-state index contributed by atoms with van der Waals surface area (Å²) >= 11 is 5.78. The normalized spacial score (nSPS) is 15.5. The number of anilines is 9. The van der Waals surface area contributed by atoms with Crippen LogP contribution in [-0.4, -0.2) is 13.4 Å². The molecule has 7 aliphatic rings. The number of benzene rings is 8. The first-order valence-corrected chi connectivity index (χ1v) is 21.7. The van der Waals surface area contributed by atoms with E-state index >= 15 is 0 Å². The van der Waals surface area contributed by atoms with Crippen molar-refractivity contribution in [2.75, 3.05) is 14.7 Å². The van der Waals surface area contributed by atoms with Gasteiger partial charge in [0.2, 0.25) is 0 Å². The van der Waals surface area contributed by atoms with Crippen LogP contribution in [0.1, 0.15) is 0 Å². The van der Waals surface area contributed by atoms with Gasteiger partial charge in [0.05, 0.1) is 45.5 Å². The zero-order chi connectivity index (χ0) is 36.0. The van der Waals surface area contributed by atoms with E-state index in [1.165, 1.54) is 124 Å². The first kappa shape index (κ1) is 29.6. The molecule has 0 saturated heterocycles. The van der Waals surface area contributed by atoms with Gasteiger partial charge in [-0.2, -0.15) is 0 Å². The fraction of sp³-hybridized carbons (Fsp3) is 0. The first-order valence-electron chi connectivity index (χ1n) is 19.3. The highest BCUT2D eigenvalue weighted by molar-refractivity contribution is 8.00. The number of hydrogen-bond acceptors (Lipinski definition) is 6. The van der Waals surface area contributed by atoms with Crippen molar-refractivity contribution in [2.45, 2.75) is 29.4 Å². The molecule has 0 atom stereocenters. The van der Waals surface area contributed by atoms with Gasteiger partial charge in [-0.1, -0.05) is 138 Å². The summed E-state index contributed by atoms with van der Waals surface area (Å²) in [5.74, 6) is 0. The number of hydrogen-bond donors (Lipinski definition) is 0. The van der Waals surface area contributed by atoms with E-state index in [1.807, 2.05) is 35.3 Å². The lowest BCUT2D eigenvalue weighted by Crippen LogP contribution is -2.69. The van der Waals surface area contributed by atoms with Crippen LogP contribution in [0.2, 0.25) is 0 Å². The van der Waals surface area contributed by atoms with Gasteiger partial charge in [-0.15, -0.1) is 0 Å². The lowest BCUT2D eigenvalue weighted by molar-refractivity contribution is 1.13. The van der Waals surface area contributed by atoms with Crippen molar-refractivity contribution >= 4 is 133 Å². The Morgan fingerprint density at radius 2 is 0.679 bits per heavy atom. The lowest BCUT2D eigenvalue weighted by atomic mass is 9.28. The van der Waals surface area contributed by atoms with E-state index in [-0.39, 0.29) is 13.4 Å². The van der Waals surface area contributed by atoms with Gasteiger partial charge >= 0.3 is 0 Å². The predicted octanol–water partition coefficient (Wildman–Crippen LogP) is 9.44. The standard InChI is InChI=1S/C48H25B2N3S3/c1-2-12-26(13-3-1)39-46-40-48-41-47(39)52-32-19-5-7-21-34(32)55-36-23-9-15-28(43(36)52)50(41)30-17-11-25-38-45(30)53(48)44-29(16-10-24-37(44)56-38)49(40)27-14-8-22-35-42(27)51(46)31-18-4-6-20-33(31)54-35/h1-25H. The zero-order valence-corrected chi connectivity index (χ0v) is 32.1. The minimum Gasteiger partial charge on any atom is -0.310 e. The maximum absolute atomic E-state index is 2.73. The molecule has 0 amide bonds. The molecule has 7 aliphatic heterocycles. The highest BCUT2D eigenvalue weighted by atomic mass is 32.2. The Labute approximate surface area is 337 Å². The van der Waals surface area contributed by atoms with E-state index in [4.69, 9.17) is 0 Å². The maximum Gasteiger partial charge on any atom is 0.252 e. The van der Waals surface area contributed by atoms with Gasteiger partial charge < -0.3 is 14.7 Å². The molecular weight excluding hydrogens is 736 g/mol. The van der Waals surface area contributed by atoms with E-state index in [2.05, 4.69) is 166 Å². The molecule has 8 aromatic rings. The molecule has 15 rings (SSSR count). The van der Waals surface area contributed by atoms with Crippen molar-refractivity contribution in [3.05, 3.63) is 152 Å². The maximum atomic E-state index is 2.73. The molecule has 8 heteroatoms. The van der Waals surface area contributed by atoms with Crippen LogP contribution in [-0.2, 0) is 0 Å². The van der Waals surface area contributed by atoms with Crippen molar-refractivity contribution < 1.29 is 0 Å². The molecule has 7 heterocycles. The number of para-hydroxylation sites is 6. The van der Waals surface area contributed by atoms with Crippen LogP contribution in [0.25, 0.3) is 11.1 Å². The van der Waals surface area contributed by atoms with E-state index in [0.29, 0.717) is 0 Å². The van der Waals surface area contributed by atoms with Crippen molar-refractivity contribution in [2.24, 2.45) is 0 Å². The van der Waals surface area contributed by atoms with Crippen LogP contribution in [0.15, 0.2) is 181 Å². The molecule has 8 aromatic carbocycles. The lowest BCUT2D eigenvalue weighted by Gasteiger charge is -2.54. The largest absolute Gasteiger partial charge is 0.310 e. The van der Waals surface area contributed by atoms with Crippen molar-refractivity contribution in [3.8, 4) is 11.1 Å². The van der Waals surface area contributed by atoms with Crippen LogP contribution in [0, 0.1) is 0 Å². The van der Waals surface area contributed by atoms with Gasteiger partial charge in [-0.25, -0.2) is 0 Å². The monoisotopic (exact) mass is 761 g/mol. The average molecular weight is 762 g/mol. The highest BCUT2D eigenvalue weighted by Crippen LogP contribution is 2.62. The Hall–Kier alpha value is -5.66. The molecule has 0 N–H and O–H groups in total. The number of rotatable bonds is 1. The summed E-state index contributed by atoms with van der Waals surface area (Å²) in [6.07, 6.45) is 0. The topological polar surface area (TPSA) is 9.72 Å². The van der Waals surface area contributed by atoms with Gasteiger partial charge in [-0.3, -0.25) is 0 Å². The highest BCUT2D eigenvalue weighted by Gasteiger charge is 2.56. The minimum absolute atomic E-state index is 0.0704. The quantitative estimate of drug-likeness (QED) is 0.153. The molecule has 0 fully saturated rings. The predicted molar refractivity (Wildman–Crippen MR) is 238 cm³/mol. The summed E-state index contributed by atoms with van der Waals surface area (Å²) in [5, 5.41) is 0. The van der Waals surface area contributed by atoms with Crippen molar-refractivity contribution in [3.63, 3.8) is 0 Å². The van der Waals surface area contributed by atoms with Crippen molar-refractivity contribution in [1.82, 2.24) is 0 Å². The molecule has 0 radical (unpaired) electrons. The Morgan fingerprint density at radius 3 is 1.14 bits per heavy atom. The molecule has 0 spiro atoms. The molecule has 0 saturated carbocycles. The summed E-state index contributed by atoms with van der Waals surface area (Å²) in [5.41, 5.74) is 22.9. The van der Waals surface area contributed by atoms with Gasteiger partial charge in [0.25, 0.3) is 13.4 Å². The van der Waals surface area contributed by atoms with Crippen LogP contribution in [0.5, 0.6) is 0 Å². The van der Waals surface area contributed by atoms with Gasteiger partial charge in [0.15, 0.2) is 0 Å². The summed E-state index contributed by atoms with van der Waals surface area (Å²) in [6, 6.07) is 57.7. The minimum atomic E-state index is 0.0704.